The zero-order valence-corrected chi connectivity index (χ0v) is 17.3. The molecule has 1 aliphatic heterocycles. The van der Waals surface area contributed by atoms with Gasteiger partial charge in [0.1, 0.15) is 35.1 Å². The Morgan fingerprint density at radius 2 is 1.97 bits per heavy atom. The second-order valence-electron chi connectivity index (χ2n) is 7.84. The molecule has 0 bridgehead atoms. The van der Waals surface area contributed by atoms with Gasteiger partial charge in [-0.1, -0.05) is 18.2 Å². The van der Waals surface area contributed by atoms with Gasteiger partial charge in [-0.3, -0.25) is 0 Å². The molecule has 0 radical (unpaired) electrons. The number of anilines is 1. The third kappa shape index (κ3) is 3.51. The molecule has 0 saturated carbocycles. The van der Waals surface area contributed by atoms with Gasteiger partial charge < -0.3 is 20.4 Å². The van der Waals surface area contributed by atoms with Gasteiger partial charge in [-0.15, -0.1) is 0 Å². The molecular formula is C24H24FN5O. The highest BCUT2D eigenvalue weighted by Crippen LogP contribution is 2.40. The Kier molecular flexibility index (Phi) is 5.03. The first kappa shape index (κ1) is 19.5. The zero-order valence-electron chi connectivity index (χ0n) is 17.3. The van der Waals surface area contributed by atoms with Crippen LogP contribution in [0.3, 0.4) is 0 Å². The highest BCUT2D eigenvalue weighted by molar-refractivity contribution is 6.02. The number of nitrogen functional groups attached to an aromatic ring is 1. The van der Waals surface area contributed by atoms with Gasteiger partial charge in [-0.05, 0) is 50.6 Å². The number of ether oxygens (including phenoxy) is 1. The maximum Gasteiger partial charge on any atom is 0.146 e. The number of nitrogens with one attached hydrogen (secondary N) is 1. The summed E-state index contributed by atoms with van der Waals surface area (Å²) in [6, 6.07) is 14.5. The van der Waals surface area contributed by atoms with Crippen molar-refractivity contribution in [3.63, 3.8) is 0 Å². The molecule has 1 atom stereocenters. The van der Waals surface area contributed by atoms with Crippen molar-refractivity contribution in [3.8, 4) is 22.6 Å². The minimum Gasteiger partial charge on any atom is -0.457 e. The fraction of sp³-hybridized carbons (Fsp3) is 0.250. The summed E-state index contributed by atoms with van der Waals surface area (Å²) in [6.07, 6.45) is 3.59. The number of halogens is 1. The van der Waals surface area contributed by atoms with E-state index in [-0.39, 0.29) is 11.9 Å². The number of fused-ring (bicyclic) bond motifs is 1. The quantitative estimate of drug-likeness (QED) is 0.497. The number of hydrogen-bond acceptors (Lipinski definition) is 5. The lowest BCUT2D eigenvalue weighted by Crippen LogP contribution is -2.32. The molecule has 158 valence electrons. The molecule has 31 heavy (non-hydrogen) atoms. The number of rotatable bonds is 4. The van der Waals surface area contributed by atoms with E-state index < -0.39 is 0 Å². The van der Waals surface area contributed by atoms with Crippen molar-refractivity contribution in [1.82, 2.24) is 19.9 Å². The van der Waals surface area contributed by atoms with Crippen LogP contribution in [-0.4, -0.2) is 27.6 Å². The van der Waals surface area contributed by atoms with E-state index in [1.165, 1.54) is 12.4 Å². The van der Waals surface area contributed by atoms with Crippen molar-refractivity contribution in [2.45, 2.75) is 25.8 Å². The van der Waals surface area contributed by atoms with E-state index in [0.717, 1.165) is 42.8 Å². The molecule has 2 aromatic carbocycles. The average molecular weight is 417 g/mol. The lowest BCUT2D eigenvalue weighted by Gasteiger charge is -2.26. The van der Waals surface area contributed by atoms with Crippen LogP contribution in [0.4, 0.5) is 10.2 Å². The topological polar surface area (TPSA) is 78.0 Å². The molecular weight excluding hydrogens is 393 g/mol. The van der Waals surface area contributed by atoms with Crippen LogP contribution < -0.4 is 15.8 Å². The van der Waals surface area contributed by atoms with Crippen LogP contribution >= 0.6 is 0 Å². The standard InChI is InChI=1S/C24H24FN5O/c1-15-21(19-10-9-18(12-20(19)25)31-17-7-3-2-4-8-17)22-23(26)28-14-29-24(22)30(15)16-6-5-11-27-13-16/h2-4,7-10,12,14,16,27H,5-6,11,13H2,1H3,(H2,26,28,29)/t16-/m0/s1. The zero-order chi connectivity index (χ0) is 21.4. The Bertz CT molecular complexity index is 1230. The van der Waals surface area contributed by atoms with Crippen molar-refractivity contribution < 1.29 is 9.13 Å². The monoisotopic (exact) mass is 417 g/mol. The Morgan fingerprint density at radius 3 is 2.71 bits per heavy atom. The Labute approximate surface area is 179 Å². The van der Waals surface area contributed by atoms with E-state index in [2.05, 4.69) is 19.9 Å². The van der Waals surface area contributed by atoms with Gasteiger partial charge >= 0.3 is 0 Å². The molecule has 3 heterocycles. The molecule has 1 aliphatic rings. The smallest absolute Gasteiger partial charge is 0.146 e. The molecule has 4 aromatic rings. The number of nitrogens with two attached hydrogens (primary N) is 1. The number of benzene rings is 2. The maximum absolute atomic E-state index is 15.3. The Hall–Kier alpha value is -3.45. The summed E-state index contributed by atoms with van der Waals surface area (Å²) in [5.74, 6) is 1.08. The lowest BCUT2D eigenvalue weighted by molar-refractivity contribution is 0.374. The van der Waals surface area contributed by atoms with Gasteiger partial charge in [0.05, 0.1) is 5.39 Å². The fourth-order valence-corrected chi connectivity index (χ4v) is 4.49. The van der Waals surface area contributed by atoms with Gasteiger partial charge in [0.2, 0.25) is 0 Å². The van der Waals surface area contributed by atoms with E-state index in [0.29, 0.717) is 28.3 Å². The van der Waals surface area contributed by atoms with Gasteiger partial charge in [0.15, 0.2) is 0 Å². The minimum absolute atomic E-state index is 0.239. The number of aromatic nitrogens is 3. The van der Waals surface area contributed by atoms with Gasteiger partial charge in [-0.2, -0.15) is 0 Å². The molecule has 1 saturated heterocycles. The fourth-order valence-electron chi connectivity index (χ4n) is 4.49. The van der Waals surface area contributed by atoms with Crippen LogP contribution in [0.15, 0.2) is 54.9 Å². The number of piperidine rings is 1. The van der Waals surface area contributed by atoms with Crippen LogP contribution in [0.5, 0.6) is 11.5 Å². The lowest BCUT2D eigenvalue weighted by atomic mass is 10.0. The summed E-state index contributed by atoms with van der Waals surface area (Å²) < 4.78 is 23.3. The number of para-hydroxylation sites is 1. The molecule has 0 aliphatic carbocycles. The van der Waals surface area contributed by atoms with Crippen LogP contribution in [0.1, 0.15) is 24.6 Å². The van der Waals surface area contributed by atoms with Crippen LogP contribution in [0.2, 0.25) is 0 Å². The first-order valence-corrected chi connectivity index (χ1v) is 10.5. The first-order valence-electron chi connectivity index (χ1n) is 10.5. The largest absolute Gasteiger partial charge is 0.457 e. The van der Waals surface area contributed by atoms with E-state index in [1.54, 1.807) is 12.1 Å². The maximum atomic E-state index is 15.3. The van der Waals surface area contributed by atoms with Crippen molar-refractivity contribution in [2.24, 2.45) is 0 Å². The van der Waals surface area contributed by atoms with E-state index in [4.69, 9.17) is 10.5 Å². The molecule has 1 fully saturated rings. The van der Waals surface area contributed by atoms with Gasteiger partial charge in [0.25, 0.3) is 0 Å². The Morgan fingerprint density at radius 1 is 1.13 bits per heavy atom. The Balaban J connectivity index is 1.62. The molecule has 3 N–H and O–H groups in total. The first-order chi connectivity index (χ1) is 15.1. The van der Waals surface area contributed by atoms with Crippen molar-refractivity contribution in [3.05, 3.63) is 66.4 Å². The molecule has 0 spiro atoms. The summed E-state index contributed by atoms with van der Waals surface area (Å²) in [5, 5.41) is 4.14. The highest BCUT2D eigenvalue weighted by Gasteiger charge is 2.26. The predicted octanol–water partition coefficient (Wildman–Crippen LogP) is 4.84. The molecule has 2 aromatic heterocycles. The highest BCUT2D eigenvalue weighted by atomic mass is 19.1. The second kappa shape index (κ2) is 8.00. The predicted molar refractivity (Wildman–Crippen MR) is 120 cm³/mol. The average Bonchev–Trinajstić information content (AvgIpc) is 3.08. The van der Waals surface area contributed by atoms with Crippen molar-refractivity contribution in [2.75, 3.05) is 18.8 Å². The molecule has 7 heteroatoms. The summed E-state index contributed by atoms with van der Waals surface area (Å²) in [4.78, 5) is 8.71. The van der Waals surface area contributed by atoms with Crippen molar-refractivity contribution in [1.29, 1.82) is 0 Å². The van der Waals surface area contributed by atoms with Crippen LogP contribution in [0.25, 0.3) is 22.2 Å². The van der Waals surface area contributed by atoms with Gasteiger partial charge in [0, 0.05) is 35.5 Å². The van der Waals surface area contributed by atoms with E-state index in [9.17, 15) is 0 Å². The van der Waals surface area contributed by atoms with E-state index in [1.807, 2.05) is 37.3 Å². The van der Waals surface area contributed by atoms with Gasteiger partial charge in [-0.25, -0.2) is 14.4 Å². The summed E-state index contributed by atoms with van der Waals surface area (Å²) in [5.41, 5.74) is 9.15. The van der Waals surface area contributed by atoms with Crippen LogP contribution in [0, 0.1) is 12.7 Å². The second-order valence-corrected chi connectivity index (χ2v) is 7.84. The molecule has 5 rings (SSSR count). The third-order valence-corrected chi connectivity index (χ3v) is 5.88. The normalized spacial score (nSPS) is 16.5. The van der Waals surface area contributed by atoms with E-state index >= 15 is 4.39 Å². The molecule has 0 unspecified atom stereocenters. The minimum atomic E-state index is -0.374. The molecule has 0 amide bonds. The van der Waals surface area contributed by atoms with Crippen LogP contribution in [-0.2, 0) is 0 Å². The summed E-state index contributed by atoms with van der Waals surface area (Å²) >= 11 is 0. The third-order valence-electron chi connectivity index (χ3n) is 5.88. The SMILES string of the molecule is Cc1c(-c2ccc(Oc3ccccc3)cc2F)c2c(N)ncnc2n1[C@H]1CCCNC1. The summed E-state index contributed by atoms with van der Waals surface area (Å²) in [6.45, 7) is 3.86. The number of hydrogen-bond donors (Lipinski definition) is 2. The molecule has 6 nitrogen and oxygen atoms in total. The number of nitrogens with zero attached hydrogens (tertiary/aromatic N) is 3. The van der Waals surface area contributed by atoms with Crippen molar-refractivity contribution >= 4 is 16.9 Å². The summed E-state index contributed by atoms with van der Waals surface area (Å²) in [7, 11) is 0.